The average molecular weight is 413 g/mol. The quantitative estimate of drug-likeness (QED) is 0.646. The molecule has 10 heteroatoms. The van der Waals surface area contributed by atoms with Crippen molar-refractivity contribution in [2.75, 3.05) is 7.05 Å². The van der Waals surface area contributed by atoms with Gasteiger partial charge in [-0.3, -0.25) is 4.98 Å². The van der Waals surface area contributed by atoms with Gasteiger partial charge in [-0.25, -0.2) is 13.1 Å². The number of fused-ring (bicyclic) bond motifs is 1. The van der Waals surface area contributed by atoms with Crippen LogP contribution in [-0.2, 0) is 20.1 Å². The van der Waals surface area contributed by atoms with E-state index in [1.54, 1.807) is 12.1 Å². The monoisotopic (exact) mass is 412 g/mol. The van der Waals surface area contributed by atoms with Crippen LogP contribution in [0.3, 0.4) is 0 Å². The minimum Gasteiger partial charge on any atom is -0.377 e. The van der Waals surface area contributed by atoms with Gasteiger partial charge in [0.1, 0.15) is 10.4 Å². The summed E-state index contributed by atoms with van der Waals surface area (Å²) in [5.41, 5.74) is 0.304. The van der Waals surface area contributed by atoms with Crippen LogP contribution in [0, 0.1) is 0 Å². The van der Waals surface area contributed by atoms with E-state index in [4.69, 9.17) is 15.8 Å². The van der Waals surface area contributed by atoms with Crippen molar-refractivity contribution in [2.45, 2.75) is 9.79 Å². The lowest BCUT2D eigenvalue weighted by Crippen LogP contribution is -2.18. The molecule has 26 heavy (non-hydrogen) atoms. The van der Waals surface area contributed by atoms with Crippen molar-refractivity contribution < 1.29 is 21.0 Å². The fraction of sp³-hybridized carbons (Fsp3) is 0.0625. The summed E-state index contributed by atoms with van der Waals surface area (Å²) in [6.07, 6.45) is 1.50. The maximum atomic E-state index is 12.5. The lowest BCUT2D eigenvalue weighted by atomic mass is 10.2. The summed E-state index contributed by atoms with van der Waals surface area (Å²) in [5, 5.41) is 0.969. The summed E-state index contributed by atoms with van der Waals surface area (Å²) in [6.45, 7) is 0. The first-order chi connectivity index (χ1) is 12.2. The van der Waals surface area contributed by atoms with Crippen LogP contribution in [-0.4, -0.2) is 28.9 Å². The Balaban J connectivity index is 1.99. The maximum absolute atomic E-state index is 12.5. The molecule has 0 fully saturated rings. The Morgan fingerprint density at radius 1 is 0.962 bits per heavy atom. The second-order valence-corrected chi connectivity index (χ2v) is 9.00. The van der Waals surface area contributed by atoms with E-state index in [9.17, 15) is 16.8 Å². The Hall–Kier alpha value is -2.20. The van der Waals surface area contributed by atoms with E-state index in [1.165, 1.54) is 37.5 Å². The third-order valence-corrected chi connectivity index (χ3v) is 6.58. The van der Waals surface area contributed by atoms with E-state index in [2.05, 4.69) is 9.71 Å². The van der Waals surface area contributed by atoms with E-state index in [-0.39, 0.29) is 15.5 Å². The van der Waals surface area contributed by atoms with Crippen molar-refractivity contribution in [3.63, 3.8) is 0 Å². The van der Waals surface area contributed by atoms with Gasteiger partial charge in [-0.1, -0.05) is 11.6 Å². The Bertz CT molecular complexity index is 1180. The Kier molecular flexibility index (Phi) is 4.89. The molecule has 0 atom stereocenters. The van der Waals surface area contributed by atoms with Crippen molar-refractivity contribution in [2.24, 2.45) is 0 Å². The minimum atomic E-state index is -4.18. The number of aromatic nitrogens is 1. The first kappa shape index (κ1) is 18.6. The fourth-order valence-electron chi connectivity index (χ4n) is 2.25. The molecule has 136 valence electrons. The van der Waals surface area contributed by atoms with Gasteiger partial charge in [0.2, 0.25) is 10.0 Å². The lowest BCUT2D eigenvalue weighted by Gasteiger charge is -2.10. The number of pyridine rings is 1. The molecule has 0 unspecified atom stereocenters. The van der Waals surface area contributed by atoms with Crippen molar-refractivity contribution >= 4 is 42.6 Å². The number of hydrogen-bond acceptors (Lipinski definition) is 6. The van der Waals surface area contributed by atoms with E-state index in [0.717, 1.165) is 12.1 Å². The summed E-state index contributed by atoms with van der Waals surface area (Å²) >= 11 is 6.08. The summed E-state index contributed by atoms with van der Waals surface area (Å²) in [4.78, 5) is 3.87. The van der Waals surface area contributed by atoms with Crippen molar-refractivity contribution in [1.29, 1.82) is 0 Å². The van der Waals surface area contributed by atoms with Gasteiger partial charge in [0.15, 0.2) is 5.75 Å². The van der Waals surface area contributed by atoms with Gasteiger partial charge in [0, 0.05) is 11.6 Å². The zero-order valence-corrected chi connectivity index (χ0v) is 15.8. The van der Waals surface area contributed by atoms with E-state index in [1.807, 2.05) is 0 Å². The molecular weight excluding hydrogens is 400 g/mol. The number of rotatable bonds is 5. The molecule has 1 N–H and O–H groups in total. The largest absolute Gasteiger partial charge is 0.377 e. The molecule has 7 nitrogen and oxygen atoms in total. The Morgan fingerprint density at radius 2 is 1.62 bits per heavy atom. The average Bonchev–Trinajstić information content (AvgIpc) is 2.64. The van der Waals surface area contributed by atoms with Crippen molar-refractivity contribution in [3.05, 3.63) is 59.8 Å². The van der Waals surface area contributed by atoms with Crippen LogP contribution in [0.2, 0.25) is 5.02 Å². The molecule has 0 radical (unpaired) electrons. The molecule has 0 amide bonds. The molecule has 0 spiro atoms. The molecule has 0 aliphatic heterocycles. The van der Waals surface area contributed by atoms with E-state index >= 15 is 0 Å². The van der Waals surface area contributed by atoms with Gasteiger partial charge in [-0.05, 0) is 55.6 Å². The molecule has 1 aromatic heterocycles. The van der Waals surface area contributed by atoms with Crippen LogP contribution in [0.15, 0.2) is 64.5 Å². The highest BCUT2D eigenvalue weighted by Crippen LogP contribution is 2.31. The zero-order chi connectivity index (χ0) is 18.9. The molecular formula is C16H13ClN2O5S2. The normalized spacial score (nSPS) is 12.2. The van der Waals surface area contributed by atoms with Crippen molar-refractivity contribution in [3.8, 4) is 5.75 Å². The molecule has 0 saturated carbocycles. The Morgan fingerprint density at radius 3 is 2.27 bits per heavy atom. The number of nitrogens with zero attached hydrogens (tertiary/aromatic N) is 1. The van der Waals surface area contributed by atoms with Crippen LogP contribution in [0.4, 0.5) is 0 Å². The highest BCUT2D eigenvalue weighted by atomic mass is 35.5. The molecule has 3 aromatic rings. The molecule has 0 aliphatic carbocycles. The number of hydrogen-bond donors (Lipinski definition) is 1. The topological polar surface area (TPSA) is 102 Å². The van der Waals surface area contributed by atoms with E-state index < -0.39 is 20.1 Å². The second kappa shape index (κ2) is 6.84. The predicted molar refractivity (Wildman–Crippen MR) is 97.3 cm³/mol. The van der Waals surface area contributed by atoms with Crippen molar-refractivity contribution in [1.82, 2.24) is 9.71 Å². The van der Waals surface area contributed by atoms with Gasteiger partial charge in [0.25, 0.3) is 0 Å². The van der Waals surface area contributed by atoms with E-state index in [0.29, 0.717) is 15.9 Å². The van der Waals surface area contributed by atoms with Gasteiger partial charge in [-0.15, -0.1) is 0 Å². The summed E-state index contributed by atoms with van der Waals surface area (Å²) in [5.74, 6) is 0.0249. The highest BCUT2D eigenvalue weighted by molar-refractivity contribution is 7.89. The maximum Gasteiger partial charge on any atom is 0.339 e. The SMILES string of the molecule is CNS(=O)(=O)c1ccc(S(=O)(=O)Oc2ccc(Cl)c3cccnc23)cc1. The van der Waals surface area contributed by atoms with Gasteiger partial charge in [0.05, 0.1) is 9.92 Å². The minimum absolute atomic E-state index is 0.0249. The second-order valence-electron chi connectivity index (χ2n) is 5.16. The Labute approximate surface area is 155 Å². The highest BCUT2D eigenvalue weighted by Gasteiger charge is 2.20. The third kappa shape index (κ3) is 3.51. The van der Waals surface area contributed by atoms with Crippen LogP contribution in [0.25, 0.3) is 10.9 Å². The first-order valence-electron chi connectivity index (χ1n) is 7.26. The van der Waals surface area contributed by atoms with Gasteiger partial charge in [-0.2, -0.15) is 8.42 Å². The van der Waals surface area contributed by atoms with Crippen LogP contribution < -0.4 is 8.91 Å². The number of benzene rings is 2. The molecule has 0 aliphatic rings. The number of sulfonamides is 1. The summed E-state index contributed by atoms with van der Waals surface area (Å²) in [6, 6.07) is 11.0. The van der Waals surface area contributed by atoms with Crippen LogP contribution in [0.1, 0.15) is 0 Å². The molecule has 1 heterocycles. The summed E-state index contributed by atoms with van der Waals surface area (Å²) < 4.78 is 55.8. The van der Waals surface area contributed by atoms with Gasteiger partial charge >= 0.3 is 10.1 Å². The summed E-state index contributed by atoms with van der Waals surface area (Å²) in [7, 11) is -6.58. The number of halogens is 1. The standard InChI is InChI=1S/C16H13ClN2O5S2/c1-18-25(20,21)11-4-6-12(7-5-11)26(22,23)24-15-9-8-14(17)13-3-2-10-19-16(13)15/h2-10,18H,1H3. The van der Waals surface area contributed by atoms with Gasteiger partial charge < -0.3 is 4.18 Å². The predicted octanol–water partition coefficient (Wildman–Crippen LogP) is 2.56. The third-order valence-electron chi connectivity index (χ3n) is 3.57. The fourth-order valence-corrected chi connectivity index (χ4v) is 4.13. The first-order valence-corrected chi connectivity index (χ1v) is 10.5. The van der Waals surface area contributed by atoms with Crippen LogP contribution in [0.5, 0.6) is 5.75 Å². The zero-order valence-electron chi connectivity index (χ0n) is 13.4. The molecule has 0 bridgehead atoms. The molecule has 3 rings (SSSR count). The smallest absolute Gasteiger partial charge is 0.339 e. The lowest BCUT2D eigenvalue weighted by molar-refractivity contribution is 0.488. The van der Waals surface area contributed by atoms with Crippen LogP contribution >= 0.6 is 11.6 Å². The molecule has 0 saturated heterocycles. The number of nitrogens with one attached hydrogen (secondary N) is 1. The molecule has 2 aromatic carbocycles.